The van der Waals surface area contributed by atoms with Crippen LogP contribution in [0.3, 0.4) is 0 Å². The molecule has 3 unspecified atom stereocenters. The largest absolute Gasteiger partial charge is 0.394 e. The smallest absolute Gasteiger partial charge is 0.340 e. The van der Waals surface area contributed by atoms with Crippen molar-refractivity contribution in [1.29, 1.82) is 0 Å². The van der Waals surface area contributed by atoms with Crippen molar-refractivity contribution in [3.05, 3.63) is 0 Å². The number of hydrogen-bond donors (Lipinski definition) is 2. The number of rotatable bonds is 5. The summed E-state index contributed by atoms with van der Waals surface area (Å²) in [5, 5.41) is 18.9. The summed E-state index contributed by atoms with van der Waals surface area (Å²) in [4.78, 5) is 0. The minimum Gasteiger partial charge on any atom is -0.394 e. The lowest BCUT2D eigenvalue weighted by Crippen LogP contribution is -2.52. The highest BCUT2D eigenvalue weighted by Crippen LogP contribution is 2.30. The normalized spacial score (nSPS) is 36.8. The van der Waals surface area contributed by atoms with Gasteiger partial charge in [-0.3, -0.25) is 0 Å². The van der Waals surface area contributed by atoms with Crippen LogP contribution in [0, 0.1) is 0 Å². The average Bonchev–Trinajstić information content (AvgIpc) is 2.22. The van der Waals surface area contributed by atoms with Crippen molar-refractivity contribution in [2.45, 2.75) is 57.6 Å². The Morgan fingerprint density at radius 1 is 1.33 bits per heavy atom. The summed E-state index contributed by atoms with van der Waals surface area (Å²) in [5.41, 5.74) is 0. The van der Waals surface area contributed by atoms with Gasteiger partial charge < -0.3 is 19.1 Å². The quantitative estimate of drug-likeness (QED) is 0.705. The molecule has 0 bridgehead atoms. The maximum absolute atomic E-state index is 9.52. The van der Waals surface area contributed by atoms with Crippen molar-refractivity contribution in [1.82, 2.24) is 0 Å². The van der Waals surface area contributed by atoms with Crippen LogP contribution in [0.1, 0.15) is 33.1 Å². The van der Waals surface area contributed by atoms with E-state index >= 15 is 0 Å². The monoisotopic (exact) mass is 234 g/mol. The molecule has 2 N–H and O–H groups in total. The Labute approximate surface area is 92.5 Å². The van der Waals surface area contributed by atoms with Crippen molar-refractivity contribution in [2.75, 3.05) is 6.61 Å². The van der Waals surface area contributed by atoms with Crippen LogP contribution in [0.15, 0.2) is 0 Å². The molecule has 0 aromatic carbocycles. The second-order valence-corrected chi connectivity index (χ2v) is 7.47. The second kappa shape index (κ2) is 5.96. The first kappa shape index (κ1) is 13.1. The van der Waals surface area contributed by atoms with E-state index in [1.54, 1.807) is 0 Å². The molecule has 0 spiro atoms. The third-order valence-electron chi connectivity index (χ3n) is 2.69. The molecule has 0 radical (unpaired) electrons. The van der Waals surface area contributed by atoms with Gasteiger partial charge in [-0.15, -0.1) is 0 Å². The molecule has 5 heteroatoms. The Balaban J connectivity index is 2.56. The zero-order valence-electron chi connectivity index (χ0n) is 9.61. The first-order valence-corrected chi connectivity index (χ1v) is 8.04. The molecule has 1 heterocycles. The SMILES string of the molecule is CCCO[Si]1(CCC)CCC(O)C(O)O1. The zero-order chi connectivity index (χ0) is 11.3. The van der Waals surface area contributed by atoms with E-state index in [0.29, 0.717) is 13.0 Å². The van der Waals surface area contributed by atoms with Crippen LogP contribution in [0.25, 0.3) is 0 Å². The Hall–Kier alpha value is 0.0569. The standard InChI is InChI=1S/C10H22O4Si/c1-3-6-13-15(7-4-2)8-5-9(11)10(12)14-15/h9-12H,3-8H2,1-2H3. The first-order chi connectivity index (χ1) is 7.13. The van der Waals surface area contributed by atoms with Gasteiger partial charge in [-0.1, -0.05) is 20.3 Å². The Bertz CT molecular complexity index is 186. The topological polar surface area (TPSA) is 58.9 Å². The third kappa shape index (κ3) is 3.53. The van der Waals surface area contributed by atoms with Gasteiger partial charge in [-0.2, -0.15) is 0 Å². The van der Waals surface area contributed by atoms with E-state index in [0.717, 1.165) is 24.9 Å². The van der Waals surface area contributed by atoms with Crippen LogP contribution in [0.5, 0.6) is 0 Å². The molecule has 3 atom stereocenters. The summed E-state index contributed by atoms with van der Waals surface area (Å²) in [6.45, 7) is 4.84. The van der Waals surface area contributed by atoms with E-state index in [4.69, 9.17) is 8.85 Å². The summed E-state index contributed by atoms with van der Waals surface area (Å²) in [5.74, 6) is 0. The molecule has 0 amide bonds. The van der Waals surface area contributed by atoms with Gasteiger partial charge in [0.25, 0.3) is 0 Å². The van der Waals surface area contributed by atoms with Gasteiger partial charge in [-0.05, 0) is 24.9 Å². The van der Waals surface area contributed by atoms with Gasteiger partial charge in [0.15, 0.2) is 6.29 Å². The summed E-state index contributed by atoms with van der Waals surface area (Å²) >= 11 is 0. The van der Waals surface area contributed by atoms with Crippen molar-refractivity contribution in [3.63, 3.8) is 0 Å². The molecule has 0 aromatic rings. The maximum Gasteiger partial charge on any atom is 0.340 e. The molecule has 1 fully saturated rings. The second-order valence-electron chi connectivity index (χ2n) is 4.12. The number of aliphatic hydroxyl groups is 2. The van der Waals surface area contributed by atoms with Gasteiger partial charge in [0.1, 0.15) is 6.10 Å². The van der Waals surface area contributed by atoms with Crippen LogP contribution < -0.4 is 0 Å². The summed E-state index contributed by atoms with van der Waals surface area (Å²) < 4.78 is 11.4. The van der Waals surface area contributed by atoms with E-state index in [-0.39, 0.29) is 0 Å². The lowest BCUT2D eigenvalue weighted by atomic mass is 10.3. The highest BCUT2D eigenvalue weighted by Gasteiger charge is 2.44. The number of aliphatic hydroxyl groups excluding tert-OH is 2. The molecule has 1 rings (SSSR count). The van der Waals surface area contributed by atoms with E-state index in [1.807, 2.05) is 0 Å². The first-order valence-electron chi connectivity index (χ1n) is 5.81. The third-order valence-corrected chi connectivity index (χ3v) is 6.40. The Morgan fingerprint density at radius 3 is 2.60 bits per heavy atom. The highest BCUT2D eigenvalue weighted by atomic mass is 28.4. The lowest BCUT2D eigenvalue weighted by Gasteiger charge is -2.38. The van der Waals surface area contributed by atoms with Crippen molar-refractivity contribution < 1.29 is 19.1 Å². The van der Waals surface area contributed by atoms with E-state index in [9.17, 15) is 10.2 Å². The molecule has 0 aromatic heterocycles. The fraction of sp³-hybridized carbons (Fsp3) is 1.00. The van der Waals surface area contributed by atoms with E-state index in [2.05, 4.69) is 13.8 Å². The van der Waals surface area contributed by atoms with Crippen LogP contribution in [-0.4, -0.2) is 37.8 Å². The molecule has 4 nitrogen and oxygen atoms in total. The van der Waals surface area contributed by atoms with Gasteiger partial charge in [0.05, 0.1) is 0 Å². The predicted molar refractivity (Wildman–Crippen MR) is 59.6 cm³/mol. The molecular weight excluding hydrogens is 212 g/mol. The zero-order valence-corrected chi connectivity index (χ0v) is 10.6. The Kier molecular flexibility index (Phi) is 5.21. The summed E-state index contributed by atoms with van der Waals surface area (Å²) in [6.07, 6.45) is 0.762. The maximum atomic E-state index is 9.52. The summed E-state index contributed by atoms with van der Waals surface area (Å²) in [6, 6.07) is 1.69. The minimum atomic E-state index is -2.22. The van der Waals surface area contributed by atoms with Gasteiger partial charge in [-0.25, -0.2) is 0 Å². The van der Waals surface area contributed by atoms with Crippen molar-refractivity contribution in [2.24, 2.45) is 0 Å². The van der Waals surface area contributed by atoms with Gasteiger partial charge in [0.2, 0.25) is 0 Å². The Morgan fingerprint density at radius 2 is 2.07 bits per heavy atom. The lowest BCUT2D eigenvalue weighted by molar-refractivity contribution is -0.136. The van der Waals surface area contributed by atoms with Crippen LogP contribution in [0.4, 0.5) is 0 Å². The molecule has 0 saturated carbocycles. The van der Waals surface area contributed by atoms with Gasteiger partial charge >= 0.3 is 8.56 Å². The van der Waals surface area contributed by atoms with Crippen LogP contribution in [0.2, 0.25) is 12.1 Å². The van der Waals surface area contributed by atoms with E-state index in [1.165, 1.54) is 0 Å². The average molecular weight is 234 g/mol. The number of hydrogen-bond acceptors (Lipinski definition) is 4. The molecular formula is C10H22O4Si. The molecule has 0 aliphatic carbocycles. The molecule has 15 heavy (non-hydrogen) atoms. The molecule has 1 aliphatic heterocycles. The van der Waals surface area contributed by atoms with Crippen molar-refractivity contribution >= 4 is 8.56 Å². The van der Waals surface area contributed by atoms with E-state index < -0.39 is 21.0 Å². The minimum absolute atomic E-state index is 0.594. The van der Waals surface area contributed by atoms with Crippen LogP contribution in [-0.2, 0) is 8.85 Å². The highest BCUT2D eigenvalue weighted by molar-refractivity contribution is 6.67. The van der Waals surface area contributed by atoms with Crippen LogP contribution >= 0.6 is 0 Å². The van der Waals surface area contributed by atoms with Gasteiger partial charge in [0, 0.05) is 6.61 Å². The summed E-state index contributed by atoms with van der Waals surface area (Å²) in [7, 11) is -2.22. The molecule has 90 valence electrons. The van der Waals surface area contributed by atoms with Crippen molar-refractivity contribution in [3.8, 4) is 0 Å². The molecule has 1 saturated heterocycles. The predicted octanol–water partition coefficient (Wildman–Crippen LogP) is 1.36. The fourth-order valence-corrected chi connectivity index (χ4v) is 5.41. The molecule has 1 aliphatic rings. The fourth-order valence-electron chi connectivity index (χ4n) is 1.90.